The Labute approximate surface area is 109 Å². The molecule has 0 bridgehead atoms. The van der Waals surface area contributed by atoms with Crippen LogP contribution in [0.4, 0.5) is 0 Å². The summed E-state index contributed by atoms with van der Waals surface area (Å²) < 4.78 is 1.99. The van der Waals surface area contributed by atoms with Crippen molar-refractivity contribution in [1.29, 1.82) is 5.26 Å². The maximum atomic E-state index is 8.56. The van der Waals surface area contributed by atoms with Crippen molar-refractivity contribution in [3.05, 3.63) is 47.2 Å². The molecule has 0 aliphatic heterocycles. The van der Waals surface area contributed by atoms with E-state index < -0.39 is 0 Å². The molecule has 5 heteroatoms. The van der Waals surface area contributed by atoms with Crippen molar-refractivity contribution in [3.63, 3.8) is 0 Å². The van der Waals surface area contributed by atoms with E-state index in [-0.39, 0.29) is 0 Å². The normalized spacial score (nSPS) is 10.1. The number of benzene rings is 1. The van der Waals surface area contributed by atoms with Gasteiger partial charge in [0.25, 0.3) is 0 Å². The molecule has 0 spiro atoms. The molecule has 2 aromatic rings. The van der Waals surface area contributed by atoms with Crippen LogP contribution in [0, 0.1) is 11.3 Å². The van der Waals surface area contributed by atoms with Crippen LogP contribution in [0.5, 0.6) is 0 Å². The Morgan fingerprint density at radius 1 is 1.41 bits per heavy atom. The number of hydrogen-bond donors (Lipinski definition) is 0. The molecule has 0 unspecified atom stereocenters. The first-order valence-electron chi connectivity index (χ1n) is 5.05. The Kier molecular flexibility index (Phi) is 4.08. The molecule has 1 aromatic heterocycles. The maximum absolute atomic E-state index is 8.56. The highest BCUT2D eigenvalue weighted by Crippen LogP contribution is 2.20. The molecule has 0 fully saturated rings. The van der Waals surface area contributed by atoms with Gasteiger partial charge in [-0.15, -0.1) is 0 Å². The molecule has 0 atom stereocenters. The van der Waals surface area contributed by atoms with Crippen molar-refractivity contribution in [1.82, 2.24) is 9.55 Å². The molecule has 0 amide bonds. The summed E-state index contributed by atoms with van der Waals surface area (Å²) in [5.74, 6) is 0.402. The lowest BCUT2D eigenvalue weighted by Crippen LogP contribution is -2.01. The molecule has 0 radical (unpaired) electrons. The standard InChI is InChI=1S/C12H10ClN3S/c13-11-4-2-1-3-10(11)9-16-7-6-15-12(16)17-8-5-14/h1-4,6-7H,8-9H2. The topological polar surface area (TPSA) is 41.6 Å². The number of nitrogens with zero attached hydrogens (tertiary/aromatic N) is 3. The lowest BCUT2D eigenvalue weighted by molar-refractivity contribution is 0.709. The highest BCUT2D eigenvalue weighted by Gasteiger charge is 2.05. The molecular weight excluding hydrogens is 254 g/mol. The Morgan fingerprint density at radius 2 is 2.24 bits per heavy atom. The lowest BCUT2D eigenvalue weighted by Gasteiger charge is -2.07. The van der Waals surface area contributed by atoms with E-state index in [0.717, 1.165) is 15.7 Å². The summed E-state index contributed by atoms with van der Waals surface area (Å²) in [5.41, 5.74) is 1.05. The first-order chi connectivity index (χ1) is 8.31. The fourth-order valence-corrected chi connectivity index (χ4v) is 2.28. The summed E-state index contributed by atoms with van der Waals surface area (Å²) in [6, 6.07) is 9.82. The van der Waals surface area contributed by atoms with Crippen LogP contribution in [-0.4, -0.2) is 15.3 Å². The van der Waals surface area contributed by atoms with Crippen LogP contribution in [0.25, 0.3) is 0 Å². The summed E-state index contributed by atoms with van der Waals surface area (Å²) in [5, 5.41) is 10.1. The van der Waals surface area contributed by atoms with Gasteiger partial charge in [-0.3, -0.25) is 0 Å². The van der Waals surface area contributed by atoms with Crippen LogP contribution in [0.2, 0.25) is 5.02 Å². The Bertz CT molecular complexity index is 545. The molecule has 0 saturated carbocycles. The van der Waals surface area contributed by atoms with Gasteiger partial charge >= 0.3 is 0 Å². The van der Waals surface area contributed by atoms with Crippen molar-refractivity contribution in [2.75, 3.05) is 5.75 Å². The van der Waals surface area contributed by atoms with E-state index in [9.17, 15) is 0 Å². The van der Waals surface area contributed by atoms with Gasteiger partial charge in [-0.2, -0.15) is 5.26 Å². The third-order valence-corrected chi connectivity index (χ3v) is 3.48. The predicted molar refractivity (Wildman–Crippen MR) is 69.1 cm³/mol. The molecule has 0 saturated heterocycles. The van der Waals surface area contributed by atoms with Gasteiger partial charge in [-0.05, 0) is 11.6 Å². The zero-order valence-electron chi connectivity index (χ0n) is 9.01. The monoisotopic (exact) mass is 263 g/mol. The summed E-state index contributed by atoms with van der Waals surface area (Å²) >= 11 is 7.53. The van der Waals surface area contributed by atoms with Gasteiger partial charge in [-0.25, -0.2) is 4.98 Å². The highest BCUT2D eigenvalue weighted by atomic mass is 35.5. The largest absolute Gasteiger partial charge is 0.322 e. The fraction of sp³-hybridized carbons (Fsp3) is 0.167. The summed E-state index contributed by atoms with van der Waals surface area (Å²) in [6.07, 6.45) is 3.62. The van der Waals surface area contributed by atoms with Gasteiger partial charge in [0.2, 0.25) is 0 Å². The fourth-order valence-electron chi connectivity index (χ4n) is 1.46. The lowest BCUT2D eigenvalue weighted by atomic mass is 10.2. The average Bonchev–Trinajstić information content (AvgIpc) is 2.77. The van der Waals surface area contributed by atoms with E-state index in [1.165, 1.54) is 11.8 Å². The molecular formula is C12H10ClN3S. The Morgan fingerprint density at radius 3 is 3.00 bits per heavy atom. The van der Waals surface area contributed by atoms with Crippen molar-refractivity contribution in [2.45, 2.75) is 11.7 Å². The minimum absolute atomic E-state index is 0.402. The highest BCUT2D eigenvalue weighted by molar-refractivity contribution is 7.99. The number of imidazole rings is 1. The third kappa shape index (κ3) is 3.02. The third-order valence-electron chi connectivity index (χ3n) is 2.24. The van der Waals surface area contributed by atoms with Gasteiger partial charge in [-0.1, -0.05) is 41.6 Å². The van der Waals surface area contributed by atoms with Gasteiger partial charge in [0, 0.05) is 17.4 Å². The molecule has 0 aliphatic rings. The first-order valence-corrected chi connectivity index (χ1v) is 6.42. The quantitative estimate of drug-likeness (QED) is 0.796. The minimum atomic E-state index is 0.402. The van der Waals surface area contributed by atoms with Crippen LogP contribution >= 0.6 is 23.4 Å². The van der Waals surface area contributed by atoms with Gasteiger partial charge in [0.1, 0.15) is 0 Å². The minimum Gasteiger partial charge on any atom is -0.322 e. The van der Waals surface area contributed by atoms with Crippen LogP contribution in [0.3, 0.4) is 0 Å². The molecule has 86 valence electrons. The van der Waals surface area contributed by atoms with Gasteiger partial charge < -0.3 is 4.57 Å². The molecule has 0 N–H and O–H groups in total. The van der Waals surface area contributed by atoms with E-state index in [1.807, 2.05) is 35.0 Å². The molecule has 1 heterocycles. The summed E-state index contributed by atoms with van der Waals surface area (Å²) in [6.45, 7) is 0.674. The van der Waals surface area contributed by atoms with E-state index >= 15 is 0 Å². The van der Waals surface area contributed by atoms with E-state index in [1.54, 1.807) is 6.20 Å². The number of rotatable bonds is 4. The molecule has 1 aromatic carbocycles. The van der Waals surface area contributed by atoms with Crippen LogP contribution < -0.4 is 0 Å². The first kappa shape index (κ1) is 12.0. The number of hydrogen-bond acceptors (Lipinski definition) is 3. The van der Waals surface area contributed by atoms with Gasteiger partial charge in [0.05, 0.1) is 18.4 Å². The van der Waals surface area contributed by atoms with Crippen molar-refractivity contribution < 1.29 is 0 Å². The molecule has 3 nitrogen and oxygen atoms in total. The summed E-state index contributed by atoms with van der Waals surface area (Å²) in [7, 11) is 0. The van der Waals surface area contributed by atoms with E-state index in [0.29, 0.717) is 12.3 Å². The van der Waals surface area contributed by atoms with Crippen LogP contribution in [-0.2, 0) is 6.54 Å². The number of thioether (sulfide) groups is 1. The second-order valence-corrected chi connectivity index (χ2v) is 4.73. The van der Waals surface area contributed by atoms with E-state index in [2.05, 4.69) is 11.1 Å². The molecule has 2 rings (SSSR count). The average molecular weight is 264 g/mol. The zero-order chi connectivity index (χ0) is 12.1. The Hall–Kier alpha value is -1.44. The van der Waals surface area contributed by atoms with Crippen molar-refractivity contribution in [2.24, 2.45) is 0 Å². The van der Waals surface area contributed by atoms with Crippen molar-refractivity contribution in [3.8, 4) is 6.07 Å². The molecule has 17 heavy (non-hydrogen) atoms. The second-order valence-electron chi connectivity index (χ2n) is 3.38. The van der Waals surface area contributed by atoms with Gasteiger partial charge in [0.15, 0.2) is 5.16 Å². The maximum Gasteiger partial charge on any atom is 0.169 e. The predicted octanol–water partition coefficient (Wildman–Crippen LogP) is 3.20. The number of nitriles is 1. The van der Waals surface area contributed by atoms with Crippen LogP contribution in [0.1, 0.15) is 5.56 Å². The number of aromatic nitrogens is 2. The molecule has 0 aliphatic carbocycles. The summed E-state index contributed by atoms with van der Waals surface area (Å²) in [4.78, 5) is 4.21. The second kappa shape index (κ2) is 5.76. The smallest absolute Gasteiger partial charge is 0.169 e. The SMILES string of the molecule is N#CCSc1nccn1Cc1ccccc1Cl. The van der Waals surface area contributed by atoms with E-state index in [4.69, 9.17) is 16.9 Å². The zero-order valence-corrected chi connectivity index (χ0v) is 10.6. The number of halogens is 1. The van der Waals surface area contributed by atoms with Crippen molar-refractivity contribution >= 4 is 23.4 Å². The Balaban J connectivity index is 2.17. The van der Waals surface area contributed by atoms with Crippen LogP contribution in [0.15, 0.2) is 41.8 Å².